The molecule has 0 aliphatic rings. The van der Waals surface area contributed by atoms with Crippen LogP contribution in [0.3, 0.4) is 0 Å². The number of rotatable bonds is 8. The predicted molar refractivity (Wildman–Crippen MR) is 150 cm³/mol. The highest BCUT2D eigenvalue weighted by Crippen LogP contribution is 2.26. The molecule has 0 atom stereocenters. The van der Waals surface area contributed by atoms with Crippen molar-refractivity contribution in [2.75, 3.05) is 0 Å². The highest BCUT2D eigenvalue weighted by atomic mass is 14.8. The zero-order valence-corrected chi connectivity index (χ0v) is 21.3. The van der Waals surface area contributed by atoms with E-state index in [4.69, 9.17) is 4.99 Å². The van der Waals surface area contributed by atoms with Crippen LogP contribution in [0, 0.1) is 20.8 Å². The minimum absolute atomic E-state index is 0.734. The lowest BCUT2D eigenvalue weighted by molar-refractivity contribution is 0.907. The van der Waals surface area contributed by atoms with E-state index in [2.05, 4.69) is 99.9 Å². The Balaban J connectivity index is 1.82. The molecule has 0 saturated carbocycles. The van der Waals surface area contributed by atoms with E-state index in [1.165, 1.54) is 38.9 Å². The Kier molecular flexibility index (Phi) is 7.72. The van der Waals surface area contributed by atoms with Crippen LogP contribution in [0.4, 0.5) is 0 Å². The van der Waals surface area contributed by atoms with Crippen LogP contribution in [0.25, 0.3) is 16.8 Å². The highest BCUT2D eigenvalue weighted by molar-refractivity contribution is 6.06. The zero-order valence-electron chi connectivity index (χ0n) is 21.3. The third-order valence-electron chi connectivity index (χ3n) is 6.44. The summed E-state index contributed by atoms with van der Waals surface area (Å²) in [5.74, 6) is 0. The highest BCUT2D eigenvalue weighted by Gasteiger charge is 2.14. The molecule has 35 heavy (non-hydrogen) atoms. The van der Waals surface area contributed by atoms with Gasteiger partial charge >= 0.3 is 0 Å². The van der Waals surface area contributed by atoms with Gasteiger partial charge in [0, 0.05) is 24.4 Å². The minimum Gasteiger partial charge on any atom is -0.264 e. The maximum atomic E-state index is 5.13. The van der Waals surface area contributed by atoms with Crippen molar-refractivity contribution in [2.45, 2.75) is 47.0 Å². The summed E-state index contributed by atoms with van der Waals surface area (Å²) in [7, 11) is 0. The summed E-state index contributed by atoms with van der Waals surface area (Å²) in [6.45, 7) is 13.0. The van der Waals surface area contributed by atoms with Gasteiger partial charge in [-0.3, -0.25) is 9.98 Å². The summed E-state index contributed by atoms with van der Waals surface area (Å²) in [5.41, 5.74) is 12.8. The Hall–Kier alpha value is -3.78. The third kappa shape index (κ3) is 6.02. The number of aliphatic imine (C=N–C) groups is 1. The first-order valence-electron chi connectivity index (χ1n) is 12.4. The van der Waals surface area contributed by atoms with Crippen molar-refractivity contribution in [2.24, 2.45) is 4.99 Å². The molecule has 4 rings (SSSR count). The van der Waals surface area contributed by atoms with Gasteiger partial charge in [-0.05, 0) is 78.8 Å². The number of aryl methyl sites for hydroxylation is 4. The summed E-state index contributed by atoms with van der Waals surface area (Å²) < 4.78 is 0. The zero-order chi connectivity index (χ0) is 24.8. The van der Waals surface area contributed by atoms with E-state index in [-0.39, 0.29) is 0 Å². The fourth-order valence-electron chi connectivity index (χ4n) is 4.42. The van der Waals surface area contributed by atoms with E-state index in [9.17, 15) is 0 Å². The largest absolute Gasteiger partial charge is 0.264 e. The van der Waals surface area contributed by atoms with Gasteiger partial charge < -0.3 is 0 Å². The monoisotopic (exact) mass is 458 g/mol. The molecule has 3 aromatic carbocycles. The predicted octanol–water partition coefficient (Wildman–Crippen LogP) is 8.33. The smallest absolute Gasteiger partial charge is 0.0649 e. The molecule has 2 nitrogen and oxygen atoms in total. The average molecular weight is 459 g/mol. The van der Waals surface area contributed by atoms with Gasteiger partial charge in [0.1, 0.15) is 0 Å². The molecule has 0 N–H and O–H groups in total. The summed E-state index contributed by atoms with van der Waals surface area (Å²) in [5, 5.41) is 0. The number of nitrogens with zero attached hydrogens (tertiary/aromatic N) is 2. The number of aromatic nitrogens is 1. The van der Waals surface area contributed by atoms with Crippen LogP contribution < -0.4 is 0 Å². The van der Waals surface area contributed by atoms with Crippen molar-refractivity contribution in [1.82, 2.24) is 4.98 Å². The maximum absolute atomic E-state index is 5.13. The molecule has 0 aliphatic carbocycles. The second-order valence-electron chi connectivity index (χ2n) is 9.34. The maximum Gasteiger partial charge on any atom is 0.0649 e. The quantitative estimate of drug-likeness (QED) is 0.244. The van der Waals surface area contributed by atoms with Crippen molar-refractivity contribution < 1.29 is 0 Å². The topological polar surface area (TPSA) is 25.2 Å². The van der Waals surface area contributed by atoms with Crippen molar-refractivity contribution in [1.29, 1.82) is 0 Å². The Morgan fingerprint density at radius 3 is 2.29 bits per heavy atom. The SMILES string of the molecule is C=C(N=C(Cc1ccc(C)cc1CCC)c1cc(-c2ccc(C)cc2)ccc1C)c1cccnc1. The van der Waals surface area contributed by atoms with Crippen molar-refractivity contribution in [3.8, 4) is 11.1 Å². The van der Waals surface area contributed by atoms with Crippen molar-refractivity contribution >= 4 is 11.4 Å². The van der Waals surface area contributed by atoms with Crippen LogP contribution in [0.2, 0.25) is 0 Å². The van der Waals surface area contributed by atoms with Gasteiger partial charge in [0.05, 0.1) is 11.4 Å². The molecule has 176 valence electrons. The first-order chi connectivity index (χ1) is 16.9. The van der Waals surface area contributed by atoms with Crippen LogP contribution in [0.1, 0.15) is 52.3 Å². The van der Waals surface area contributed by atoms with Gasteiger partial charge in [0.25, 0.3) is 0 Å². The molecule has 0 radical (unpaired) electrons. The van der Waals surface area contributed by atoms with Crippen LogP contribution in [0.5, 0.6) is 0 Å². The molecule has 0 saturated heterocycles. The average Bonchev–Trinajstić information content (AvgIpc) is 2.86. The number of hydrogen-bond acceptors (Lipinski definition) is 2. The fourth-order valence-corrected chi connectivity index (χ4v) is 4.42. The Bertz CT molecular complexity index is 1350. The molecule has 4 aromatic rings. The van der Waals surface area contributed by atoms with E-state index in [1.54, 1.807) is 6.20 Å². The van der Waals surface area contributed by atoms with Crippen molar-refractivity contribution in [3.05, 3.63) is 131 Å². The molecule has 0 spiro atoms. The lowest BCUT2D eigenvalue weighted by Gasteiger charge is -2.16. The number of benzene rings is 3. The van der Waals surface area contributed by atoms with Gasteiger partial charge in [-0.15, -0.1) is 0 Å². The van der Waals surface area contributed by atoms with Gasteiger partial charge in [-0.2, -0.15) is 0 Å². The first kappa shape index (κ1) is 24.3. The molecule has 0 unspecified atom stereocenters. The summed E-state index contributed by atoms with van der Waals surface area (Å²) in [4.78, 5) is 9.39. The molecule has 0 fully saturated rings. The van der Waals surface area contributed by atoms with Gasteiger partial charge in [-0.25, -0.2) is 0 Å². The lowest BCUT2D eigenvalue weighted by Crippen LogP contribution is -2.10. The van der Waals surface area contributed by atoms with Crippen LogP contribution >= 0.6 is 0 Å². The molecular formula is C33H34N2. The van der Waals surface area contributed by atoms with Gasteiger partial charge in [-0.1, -0.05) is 85.6 Å². The van der Waals surface area contributed by atoms with E-state index in [0.717, 1.165) is 41.8 Å². The molecule has 0 bridgehead atoms. The number of hydrogen-bond donors (Lipinski definition) is 0. The molecule has 1 heterocycles. The van der Waals surface area contributed by atoms with E-state index >= 15 is 0 Å². The molecule has 2 heteroatoms. The first-order valence-corrected chi connectivity index (χ1v) is 12.4. The second-order valence-corrected chi connectivity index (χ2v) is 9.34. The Labute approximate surface area is 210 Å². The van der Waals surface area contributed by atoms with E-state index in [1.807, 2.05) is 18.3 Å². The molecular weight excluding hydrogens is 424 g/mol. The minimum atomic E-state index is 0.734. The van der Waals surface area contributed by atoms with Gasteiger partial charge in [0.15, 0.2) is 0 Å². The Morgan fingerprint density at radius 1 is 0.829 bits per heavy atom. The lowest BCUT2D eigenvalue weighted by atomic mass is 9.91. The number of pyridine rings is 1. The molecule has 0 amide bonds. The van der Waals surface area contributed by atoms with Crippen LogP contribution in [0.15, 0.2) is 96.8 Å². The van der Waals surface area contributed by atoms with E-state index in [0.29, 0.717) is 0 Å². The van der Waals surface area contributed by atoms with E-state index < -0.39 is 0 Å². The van der Waals surface area contributed by atoms with Crippen LogP contribution in [-0.4, -0.2) is 10.7 Å². The summed E-state index contributed by atoms with van der Waals surface area (Å²) >= 11 is 0. The van der Waals surface area contributed by atoms with Crippen LogP contribution in [-0.2, 0) is 12.8 Å². The fraction of sp³-hybridized carbons (Fsp3) is 0.212. The van der Waals surface area contributed by atoms with Crippen molar-refractivity contribution in [3.63, 3.8) is 0 Å². The second kappa shape index (κ2) is 11.1. The molecule has 0 aliphatic heterocycles. The summed E-state index contributed by atoms with van der Waals surface area (Å²) in [6, 6.07) is 26.1. The molecule has 1 aromatic heterocycles. The third-order valence-corrected chi connectivity index (χ3v) is 6.44. The van der Waals surface area contributed by atoms with Gasteiger partial charge in [0.2, 0.25) is 0 Å². The summed E-state index contributed by atoms with van der Waals surface area (Å²) in [6.07, 6.45) is 6.55. The Morgan fingerprint density at radius 2 is 1.57 bits per heavy atom. The normalized spacial score (nSPS) is 11.5. The standard InChI is InChI=1S/C33H34N2/c1-6-8-28-19-24(3)12-16-30(28)21-33(35-26(5)31-9-7-18-34-22-31)32-20-29(17-13-25(32)4)27-14-10-23(2)11-15-27/h7,9-20,22H,5-6,8,21H2,1-4H3.